The number of rotatable bonds is 1. The molecule has 0 radical (unpaired) electrons. The monoisotopic (exact) mass is 249 g/mol. The molecule has 1 saturated heterocycles. The van der Waals surface area contributed by atoms with E-state index in [4.69, 9.17) is 10.5 Å². The SMILES string of the molecule is CC(C)(C)OC(=O)N1CC(N)C1c1ccncc1. The fraction of sp³-hybridized carbons (Fsp3) is 0.538. The quantitative estimate of drug-likeness (QED) is 0.822. The number of ether oxygens (including phenoxy) is 1. The minimum atomic E-state index is -0.487. The molecule has 1 amide bonds. The summed E-state index contributed by atoms with van der Waals surface area (Å²) in [5.41, 5.74) is 6.49. The average molecular weight is 249 g/mol. The summed E-state index contributed by atoms with van der Waals surface area (Å²) in [4.78, 5) is 17.6. The number of carbonyl (C=O) groups is 1. The van der Waals surface area contributed by atoms with Crippen LogP contribution in [0.2, 0.25) is 0 Å². The first-order chi connectivity index (χ1) is 8.38. The van der Waals surface area contributed by atoms with E-state index in [0.717, 1.165) is 5.56 Å². The molecule has 98 valence electrons. The van der Waals surface area contributed by atoms with Gasteiger partial charge in [0, 0.05) is 25.0 Å². The van der Waals surface area contributed by atoms with Crippen molar-refractivity contribution in [1.29, 1.82) is 0 Å². The smallest absolute Gasteiger partial charge is 0.410 e. The van der Waals surface area contributed by atoms with Crippen molar-refractivity contribution in [3.05, 3.63) is 30.1 Å². The highest BCUT2D eigenvalue weighted by atomic mass is 16.6. The molecule has 1 aromatic heterocycles. The second-order valence-corrected chi connectivity index (χ2v) is 5.52. The van der Waals surface area contributed by atoms with Crippen LogP contribution in [0, 0.1) is 0 Å². The first-order valence-corrected chi connectivity index (χ1v) is 6.03. The number of amides is 1. The van der Waals surface area contributed by atoms with E-state index >= 15 is 0 Å². The maximum absolute atomic E-state index is 12.0. The Kier molecular flexibility index (Phi) is 3.26. The molecule has 0 saturated carbocycles. The van der Waals surface area contributed by atoms with Crippen LogP contribution in [0.5, 0.6) is 0 Å². The summed E-state index contributed by atoms with van der Waals surface area (Å²) >= 11 is 0. The van der Waals surface area contributed by atoms with Gasteiger partial charge in [-0.3, -0.25) is 9.88 Å². The molecule has 1 aliphatic rings. The van der Waals surface area contributed by atoms with E-state index in [1.165, 1.54) is 0 Å². The third-order valence-corrected chi connectivity index (χ3v) is 2.82. The molecule has 0 aliphatic carbocycles. The van der Waals surface area contributed by atoms with Crippen molar-refractivity contribution in [3.8, 4) is 0 Å². The zero-order valence-corrected chi connectivity index (χ0v) is 11.0. The second-order valence-electron chi connectivity index (χ2n) is 5.52. The fourth-order valence-corrected chi connectivity index (χ4v) is 2.03. The Morgan fingerprint density at radius 2 is 2.06 bits per heavy atom. The van der Waals surface area contributed by atoms with Gasteiger partial charge in [-0.2, -0.15) is 0 Å². The molecule has 2 atom stereocenters. The maximum Gasteiger partial charge on any atom is 0.410 e. The van der Waals surface area contributed by atoms with Gasteiger partial charge in [0.15, 0.2) is 0 Å². The van der Waals surface area contributed by atoms with Crippen LogP contribution in [0.4, 0.5) is 4.79 Å². The van der Waals surface area contributed by atoms with Gasteiger partial charge in [-0.1, -0.05) is 0 Å². The average Bonchev–Trinajstić information content (AvgIpc) is 2.24. The van der Waals surface area contributed by atoms with Gasteiger partial charge in [-0.25, -0.2) is 4.79 Å². The van der Waals surface area contributed by atoms with Gasteiger partial charge in [0.1, 0.15) is 5.60 Å². The largest absolute Gasteiger partial charge is 0.444 e. The lowest BCUT2D eigenvalue weighted by molar-refractivity contribution is -0.0134. The zero-order valence-electron chi connectivity index (χ0n) is 11.0. The number of nitrogens with two attached hydrogens (primary N) is 1. The molecule has 18 heavy (non-hydrogen) atoms. The van der Waals surface area contributed by atoms with E-state index in [1.807, 2.05) is 32.9 Å². The highest BCUT2D eigenvalue weighted by molar-refractivity contribution is 5.70. The van der Waals surface area contributed by atoms with Crippen molar-refractivity contribution in [2.24, 2.45) is 5.73 Å². The predicted octanol–water partition coefficient (Wildman–Crippen LogP) is 1.70. The minimum Gasteiger partial charge on any atom is -0.444 e. The minimum absolute atomic E-state index is 0.0417. The highest BCUT2D eigenvalue weighted by Gasteiger charge is 2.42. The number of aromatic nitrogens is 1. The first kappa shape index (κ1) is 12.8. The van der Waals surface area contributed by atoms with E-state index in [2.05, 4.69) is 4.98 Å². The van der Waals surface area contributed by atoms with Crippen LogP contribution >= 0.6 is 0 Å². The van der Waals surface area contributed by atoms with Crippen LogP contribution in [0.1, 0.15) is 32.4 Å². The van der Waals surface area contributed by atoms with Crippen LogP contribution in [0.3, 0.4) is 0 Å². The van der Waals surface area contributed by atoms with E-state index < -0.39 is 5.60 Å². The summed E-state index contributed by atoms with van der Waals surface area (Å²) in [7, 11) is 0. The Bertz CT molecular complexity index is 428. The van der Waals surface area contributed by atoms with Gasteiger partial charge >= 0.3 is 6.09 Å². The first-order valence-electron chi connectivity index (χ1n) is 6.03. The van der Waals surface area contributed by atoms with Crippen LogP contribution in [-0.2, 0) is 4.74 Å². The number of likely N-dealkylation sites (tertiary alicyclic amines) is 1. The fourth-order valence-electron chi connectivity index (χ4n) is 2.03. The van der Waals surface area contributed by atoms with Gasteiger partial charge < -0.3 is 10.5 Å². The Morgan fingerprint density at radius 3 is 2.56 bits per heavy atom. The summed E-state index contributed by atoms with van der Waals surface area (Å²) in [5, 5.41) is 0. The van der Waals surface area contributed by atoms with Crippen molar-refractivity contribution >= 4 is 6.09 Å². The lowest BCUT2D eigenvalue weighted by atomic mass is 9.91. The summed E-state index contributed by atoms with van der Waals surface area (Å²) in [6.45, 7) is 6.09. The van der Waals surface area contributed by atoms with Crippen molar-refractivity contribution < 1.29 is 9.53 Å². The second kappa shape index (κ2) is 4.57. The number of pyridine rings is 1. The molecule has 0 aromatic carbocycles. The highest BCUT2D eigenvalue weighted by Crippen LogP contribution is 2.33. The molecule has 2 unspecified atom stereocenters. The number of carbonyl (C=O) groups excluding carboxylic acids is 1. The van der Waals surface area contributed by atoms with Crippen LogP contribution in [0.25, 0.3) is 0 Å². The van der Waals surface area contributed by atoms with E-state index in [9.17, 15) is 4.79 Å². The Labute approximate surface area is 107 Å². The summed E-state index contributed by atoms with van der Waals surface area (Å²) in [6, 6.07) is 3.60. The molecule has 1 aliphatic heterocycles. The molecule has 5 nitrogen and oxygen atoms in total. The molecule has 2 heterocycles. The summed E-state index contributed by atoms with van der Waals surface area (Å²) in [6.07, 6.45) is 3.09. The molecule has 0 spiro atoms. The van der Waals surface area contributed by atoms with Crippen molar-refractivity contribution in [3.63, 3.8) is 0 Å². The molecule has 1 fully saturated rings. The lowest BCUT2D eigenvalue weighted by Gasteiger charge is -2.46. The molecular weight excluding hydrogens is 230 g/mol. The Hall–Kier alpha value is -1.62. The zero-order chi connectivity index (χ0) is 13.3. The lowest BCUT2D eigenvalue weighted by Crippen LogP contribution is -2.60. The third-order valence-electron chi connectivity index (χ3n) is 2.82. The van der Waals surface area contributed by atoms with E-state index in [-0.39, 0.29) is 18.2 Å². The van der Waals surface area contributed by atoms with Gasteiger partial charge in [0.05, 0.1) is 6.04 Å². The molecule has 2 rings (SSSR count). The van der Waals surface area contributed by atoms with Crippen LogP contribution in [-0.4, -0.2) is 34.2 Å². The van der Waals surface area contributed by atoms with Gasteiger partial charge in [0.2, 0.25) is 0 Å². The van der Waals surface area contributed by atoms with Crippen LogP contribution in [0.15, 0.2) is 24.5 Å². The molecule has 1 aromatic rings. The van der Waals surface area contributed by atoms with E-state index in [1.54, 1.807) is 17.3 Å². The summed E-state index contributed by atoms with van der Waals surface area (Å²) in [5.74, 6) is 0. The normalized spacial score (nSPS) is 23.4. The number of nitrogens with zero attached hydrogens (tertiary/aromatic N) is 2. The summed E-state index contributed by atoms with van der Waals surface area (Å²) < 4.78 is 5.36. The van der Waals surface area contributed by atoms with Crippen molar-refractivity contribution in [1.82, 2.24) is 9.88 Å². The standard InChI is InChI=1S/C13H19N3O2/c1-13(2,3)18-12(17)16-8-10(14)11(16)9-4-6-15-7-5-9/h4-7,10-11H,8,14H2,1-3H3. The topological polar surface area (TPSA) is 68.5 Å². The predicted molar refractivity (Wildman–Crippen MR) is 67.9 cm³/mol. The Balaban J connectivity index is 2.09. The molecular formula is C13H19N3O2. The van der Waals surface area contributed by atoms with Crippen molar-refractivity contribution in [2.45, 2.75) is 38.5 Å². The number of hydrogen-bond donors (Lipinski definition) is 1. The van der Waals surface area contributed by atoms with Gasteiger partial charge in [-0.15, -0.1) is 0 Å². The number of hydrogen-bond acceptors (Lipinski definition) is 4. The molecule has 2 N–H and O–H groups in total. The molecule has 5 heteroatoms. The third kappa shape index (κ3) is 2.61. The van der Waals surface area contributed by atoms with E-state index in [0.29, 0.717) is 6.54 Å². The van der Waals surface area contributed by atoms with Crippen LogP contribution < -0.4 is 5.73 Å². The van der Waals surface area contributed by atoms with Crippen molar-refractivity contribution in [2.75, 3.05) is 6.54 Å². The maximum atomic E-state index is 12.0. The molecule has 0 bridgehead atoms. The Morgan fingerprint density at radius 1 is 1.44 bits per heavy atom. The van der Waals surface area contributed by atoms with Gasteiger partial charge in [-0.05, 0) is 38.5 Å². The van der Waals surface area contributed by atoms with Gasteiger partial charge in [0.25, 0.3) is 0 Å².